The number of hydrogen-bond donors (Lipinski definition) is 5. The molecule has 0 amide bonds. The fraction of sp³-hybridized carbons (Fsp3) is 0.684. The molecule has 0 heterocycles. The number of aliphatic carboxylic acids is 4. The van der Waals surface area contributed by atoms with E-state index in [2.05, 4.69) is 6.58 Å². The Morgan fingerprint density at radius 2 is 1.10 bits per heavy atom. The molecule has 0 aliphatic carbocycles. The minimum absolute atomic E-state index is 0.0195. The van der Waals surface area contributed by atoms with E-state index < -0.39 is 61.5 Å². The van der Waals surface area contributed by atoms with Gasteiger partial charge >= 0.3 is 23.9 Å². The maximum absolute atomic E-state index is 11.4. The van der Waals surface area contributed by atoms with Crippen molar-refractivity contribution in [2.75, 3.05) is 52.4 Å². The van der Waals surface area contributed by atoms with Crippen LogP contribution in [0.5, 0.6) is 0 Å². The smallest absolute Gasteiger partial charge is 0.317 e. The van der Waals surface area contributed by atoms with Crippen molar-refractivity contribution in [3.8, 4) is 0 Å². The molecule has 0 spiro atoms. The van der Waals surface area contributed by atoms with Gasteiger partial charge in [-0.3, -0.25) is 33.9 Å². The number of aliphatic hydroxyl groups is 1. The lowest BCUT2D eigenvalue weighted by Crippen LogP contribution is -2.54. The van der Waals surface area contributed by atoms with Gasteiger partial charge in [0.1, 0.15) is 0 Å². The van der Waals surface area contributed by atoms with Crippen molar-refractivity contribution in [1.82, 2.24) is 14.7 Å². The van der Waals surface area contributed by atoms with Crippen molar-refractivity contribution in [2.45, 2.75) is 26.8 Å². The second kappa shape index (κ2) is 12.9. The highest BCUT2D eigenvalue weighted by Gasteiger charge is 2.34. The Hall–Kier alpha value is -2.70. The van der Waals surface area contributed by atoms with E-state index in [9.17, 15) is 34.5 Å². The van der Waals surface area contributed by atoms with Crippen molar-refractivity contribution in [3.05, 3.63) is 12.3 Å². The maximum Gasteiger partial charge on any atom is 0.317 e. The molecule has 0 bridgehead atoms. The van der Waals surface area contributed by atoms with Crippen LogP contribution in [0.25, 0.3) is 0 Å². The molecule has 0 saturated carbocycles. The molecular formula is C19H33N3O9. The molecule has 31 heavy (non-hydrogen) atoms. The van der Waals surface area contributed by atoms with E-state index in [4.69, 9.17) is 10.2 Å². The van der Waals surface area contributed by atoms with E-state index in [-0.39, 0.29) is 31.9 Å². The number of rotatable bonds is 16. The molecule has 0 radical (unpaired) electrons. The third-order valence-corrected chi connectivity index (χ3v) is 4.40. The molecule has 1 unspecified atom stereocenters. The van der Waals surface area contributed by atoms with Crippen molar-refractivity contribution >= 4 is 23.9 Å². The summed E-state index contributed by atoms with van der Waals surface area (Å²) >= 11 is 0. The van der Waals surface area contributed by atoms with Gasteiger partial charge in [0.15, 0.2) is 0 Å². The Morgan fingerprint density at radius 1 is 0.710 bits per heavy atom. The fourth-order valence-corrected chi connectivity index (χ4v) is 3.17. The standard InChI is InChI=1S/C19H33N3O9/c1-13(23)7-22(12-18(30)31)14(19(2,3)4)8-20(9-15(24)25)5-6-21(10-16(26)27)11-17(28)29/h14,23H,1,5-12H2,2-4H3,(H,24,25)(H,26,27)(H,28,29)(H,30,31). The van der Waals surface area contributed by atoms with Crippen LogP contribution in [0.15, 0.2) is 12.3 Å². The van der Waals surface area contributed by atoms with Gasteiger partial charge in [0.25, 0.3) is 0 Å². The number of carboxylic acid groups (broad SMARTS) is 4. The lowest BCUT2D eigenvalue weighted by Gasteiger charge is -2.42. The first-order valence-electron chi connectivity index (χ1n) is 9.54. The van der Waals surface area contributed by atoms with Crippen LogP contribution >= 0.6 is 0 Å². The number of hydrogen-bond acceptors (Lipinski definition) is 8. The van der Waals surface area contributed by atoms with E-state index >= 15 is 0 Å². The first-order chi connectivity index (χ1) is 14.1. The summed E-state index contributed by atoms with van der Waals surface area (Å²) in [5.41, 5.74) is -0.524. The van der Waals surface area contributed by atoms with Gasteiger partial charge in [-0.2, -0.15) is 0 Å². The van der Waals surface area contributed by atoms with Gasteiger partial charge in [0.05, 0.1) is 38.5 Å². The van der Waals surface area contributed by atoms with Gasteiger partial charge in [0.2, 0.25) is 0 Å². The Kier molecular flexibility index (Phi) is 11.8. The topological polar surface area (TPSA) is 179 Å². The highest BCUT2D eigenvalue weighted by atomic mass is 16.4. The largest absolute Gasteiger partial charge is 0.512 e. The molecule has 0 aromatic heterocycles. The third-order valence-electron chi connectivity index (χ3n) is 4.40. The molecule has 0 aliphatic heterocycles. The monoisotopic (exact) mass is 447 g/mol. The van der Waals surface area contributed by atoms with Crippen molar-refractivity contribution < 1.29 is 44.7 Å². The summed E-state index contributed by atoms with van der Waals surface area (Å²) in [6, 6.07) is -0.515. The van der Waals surface area contributed by atoms with Gasteiger partial charge in [-0.15, -0.1) is 0 Å². The molecule has 0 fully saturated rings. The van der Waals surface area contributed by atoms with Gasteiger partial charge in [-0.25, -0.2) is 0 Å². The predicted molar refractivity (Wildman–Crippen MR) is 110 cm³/mol. The van der Waals surface area contributed by atoms with E-state index in [1.165, 1.54) is 9.80 Å². The zero-order valence-corrected chi connectivity index (χ0v) is 18.2. The van der Waals surface area contributed by atoms with Gasteiger partial charge in [-0.05, 0) is 5.41 Å². The molecule has 12 heteroatoms. The number of aliphatic hydroxyl groups excluding tert-OH is 1. The van der Waals surface area contributed by atoms with E-state index in [1.54, 1.807) is 0 Å². The quantitative estimate of drug-likeness (QED) is 0.196. The maximum atomic E-state index is 11.4. The van der Waals surface area contributed by atoms with Crippen LogP contribution in [-0.2, 0) is 19.2 Å². The summed E-state index contributed by atoms with van der Waals surface area (Å²) in [6.45, 7) is 7.04. The second-order valence-electron chi connectivity index (χ2n) is 8.37. The lowest BCUT2D eigenvalue weighted by atomic mass is 9.85. The summed E-state index contributed by atoms with van der Waals surface area (Å²) in [4.78, 5) is 48.8. The molecule has 0 aromatic rings. The van der Waals surface area contributed by atoms with E-state index in [0.29, 0.717) is 0 Å². The molecule has 0 saturated heterocycles. The van der Waals surface area contributed by atoms with Gasteiger partial charge in [-0.1, -0.05) is 27.4 Å². The molecule has 0 rings (SSSR count). The number of carboxylic acids is 4. The predicted octanol–water partition coefficient (Wildman–Crippen LogP) is -0.283. The summed E-state index contributed by atoms with van der Waals surface area (Å²) in [6.07, 6.45) is 0. The SMILES string of the molecule is C=C(O)CN(CC(=O)O)C(CN(CCN(CC(=O)O)CC(=O)O)CC(=O)O)C(C)(C)C. The summed E-state index contributed by atoms with van der Waals surface area (Å²) in [5, 5.41) is 46.1. The minimum atomic E-state index is -1.22. The first kappa shape index (κ1) is 28.3. The Labute approximate surface area is 181 Å². The van der Waals surface area contributed by atoms with Crippen LogP contribution in [0.2, 0.25) is 0 Å². The van der Waals surface area contributed by atoms with Crippen LogP contribution in [0, 0.1) is 5.41 Å². The Balaban J connectivity index is 5.64. The van der Waals surface area contributed by atoms with Crippen molar-refractivity contribution in [1.29, 1.82) is 0 Å². The highest BCUT2D eigenvalue weighted by molar-refractivity contribution is 5.72. The van der Waals surface area contributed by atoms with Crippen LogP contribution in [-0.4, -0.2) is 123 Å². The molecule has 0 aromatic carbocycles. The van der Waals surface area contributed by atoms with E-state index in [0.717, 1.165) is 4.90 Å². The number of carbonyl (C=O) groups is 4. The number of nitrogens with zero attached hydrogens (tertiary/aromatic N) is 3. The van der Waals surface area contributed by atoms with Gasteiger partial charge in [0, 0.05) is 25.7 Å². The van der Waals surface area contributed by atoms with Gasteiger partial charge < -0.3 is 25.5 Å². The molecule has 12 nitrogen and oxygen atoms in total. The average molecular weight is 447 g/mol. The highest BCUT2D eigenvalue weighted by Crippen LogP contribution is 2.26. The fourth-order valence-electron chi connectivity index (χ4n) is 3.17. The van der Waals surface area contributed by atoms with Crippen molar-refractivity contribution in [3.63, 3.8) is 0 Å². The van der Waals surface area contributed by atoms with Crippen LogP contribution in [0.3, 0.4) is 0 Å². The minimum Gasteiger partial charge on any atom is -0.512 e. The van der Waals surface area contributed by atoms with Crippen molar-refractivity contribution in [2.24, 2.45) is 5.41 Å². The molecular weight excluding hydrogens is 414 g/mol. The summed E-state index contributed by atoms with van der Waals surface area (Å²) in [7, 11) is 0. The third kappa shape index (κ3) is 13.3. The molecule has 178 valence electrons. The van der Waals surface area contributed by atoms with Crippen LogP contribution in [0.4, 0.5) is 0 Å². The zero-order valence-electron chi connectivity index (χ0n) is 18.2. The van der Waals surface area contributed by atoms with Crippen LogP contribution in [0.1, 0.15) is 20.8 Å². The Morgan fingerprint density at radius 3 is 1.45 bits per heavy atom. The Bertz CT molecular complexity index is 628. The van der Waals surface area contributed by atoms with E-state index in [1.807, 2.05) is 20.8 Å². The average Bonchev–Trinajstić information content (AvgIpc) is 2.52. The zero-order chi connectivity index (χ0) is 24.4. The second-order valence-corrected chi connectivity index (χ2v) is 8.37. The first-order valence-corrected chi connectivity index (χ1v) is 9.54. The molecule has 5 N–H and O–H groups in total. The summed E-state index contributed by atoms with van der Waals surface area (Å²) < 4.78 is 0. The summed E-state index contributed by atoms with van der Waals surface area (Å²) in [5.74, 6) is -4.95. The molecule has 0 aliphatic rings. The van der Waals surface area contributed by atoms with Crippen LogP contribution < -0.4 is 0 Å². The lowest BCUT2D eigenvalue weighted by molar-refractivity contribution is -0.143. The normalized spacial score (nSPS) is 12.8. The molecule has 1 atom stereocenters.